The van der Waals surface area contributed by atoms with Crippen LogP contribution in [-0.4, -0.2) is 83.5 Å². The molecule has 202 valence electrons. The Morgan fingerprint density at radius 3 is 2.51 bits per heavy atom. The zero-order valence-corrected chi connectivity index (χ0v) is 22.3. The van der Waals surface area contributed by atoms with Gasteiger partial charge < -0.3 is 25.2 Å². The summed E-state index contributed by atoms with van der Waals surface area (Å²) in [4.78, 5) is 26.4. The molecule has 0 aliphatic carbocycles. The molecule has 10 heteroatoms. The number of carbonyl (C=O) groups is 1. The van der Waals surface area contributed by atoms with E-state index < -0.39 is 0 Å². The number of benzene rings is 2. The van der Waals surface area contributed by atoms with E-state index in [1.807, 2.05) is 24.4 Å². The van der Waals surface area contributed by atoms with Crippen LogP contribution in [0.4, 0.5) is 17.5 Å². The van der Waals surface area contributed by atoms with Crippen LogP contribution in [0.3, 0.4) is 0 Å². The van der Waals surface area contributed by atoms with Gasteiger partial charge in [-0.15, -0.1) is 0 Å². The fraction of sp³-hybridized carbons (Fsp3) is 0.379. The SMILES string of the molecule is CNC(=O)c1ccc(Nc2cc(-c3ccc4cnn(CCN5CCCC5)c4c3)nc(N3CCOCC3)n2)cc1. The highest BCUT2D eigenvalue weighted by molar-refractivity contribution is 5.94. The minimum atomic E-state index is -0.115. The van der Waals surface area contributed by atoms with E-state index in [4.69, 9.17) is 14.7 Å². The molecule has 39 heavy (non-hydrogen) atoms. The molecule has 0 spiro atoms. The highest BCUT2D eigenvalue weighted by Gasteiger charge is 2.18. The van der Waals surface area contributed by atoms with Crippen molar-refractivity contribution in [2.45, 2.75) is 19.4 Å². The van der Waals surface area contributed by atoms with Crippen molar-refractivity contribution in [2.24, 2.45) is 0 Å². The summed E-state index contributed by atoms with van der Waals surface area (Å²) >= 11 is 0. The van der Waals surface area contributed by atoms with E-state index >= 15 is 0 Å². The normalized spacial score (nSPS) is 16.1. The summed E-state index contributed by atoms with van der Waals surface area (Å²) in [5.74, 6) is 1.25. The minimum absolute atomic E-state index is 0.115. The van der Waals surface area contributed by atoms with Crippen LogP contribution in [0.5, 0.6) is 0 Å². The monoisotopic (exact) mass is 526 g/mol. The number of amides is 1. The van der Waals surface area contributed by atoms with Crippen molar-refractivity contribution in [3.05, 3.63) is 60.3 Å². The molecule has 2 N–H and O–H groups in total. The number of hydrogen-bond acceptors (Lipinski definition) is 8. The summed E-state index contributed by atoms with van der Waals surface area (Å²) in [5.41, 5.74) is 4.41. The number of anilines is 3. The van der Waals surface area contributed by atoms with E-state index in [-0.39, 0.29) is 5.91 Å². The minimum Gasteiger partial charge on any atom is -0.378 e. The van der Waals surface area contributed by atoms with E-state index in [9.17, 15) is 4.79 Å². The second kappa shape index (κ2) is 11.4. The molecule has 2 fully saturated rings. The Labute approximate surface area is 228 Å². The summed E-state index contributed by atoms with van der Waals surface area (Å²) < 4.78 is 7.66. The average Bonchev–Trinajstić information content (AvgIpc) is 3.66. The fourth-order valence-electron chi connectivity index (χ4n) is 5.20. The number of fused-ring (bicyclic) bond motifs is 1. The molecule has 2 aromatic heterocycles. The van der Waals surface area contributed by atoms with Gasteiger partial charge in [-0.1, -0.05) is 12.1 Å². The van der Waals surface area contributed by atoms with Gasteiger partial charge in [0.15, 0.2) is 0 Å². The van der Waals surface area contributed by atoms with Gasteiger partial charge in [-0.3, -0.25) is 9.48 Å². The molecule has 4 aromatic rings. The molecule has 1 amide bonds. The Morgan fingerprint density at radius 2 is 1.74 bits per heavy atom. The third-order valence-electron chi connectivity index (χ3n) is 7.42. The maximum Gasteiger partial charge on any atom is 0.251 e. The Morgan fingerprint density at radius 1 is 0.949 bits per heavy atom. The van der Waals surface area contributed by atoms with Crippen LogP contribution in [0, 0.1) is 0 Å². The van der Waals surface area contributed by atoms with E-state index in [1.165, 1.54) is 25.9 Å². The molecule has 4 heterocycles. The number of nitrogens with one attached hydrogen (secondary N) is 2. The maximum absolute atomic E-state index is 11.9. The molecule has 2 aliphatic heterocycles. The number of carbonyl (C=O) groups excluding carboxylic acids is 1. The van der Waals surface area contributed by atoms with Gasteiger partial charge in [0.05, 0.1) is 37.2 Å². The molecule has 10 nitrogen and oxygen atoms in total. The summed E-state index contributed by atoms with van der Waals surface area (Å²) in [6.07, 6.45) is 4.52. The van der Waals surface area contributed by atoms with Crippen LogP contribution in [-0.2, 0) is 11.3 Å². The van der Waals surface area contributed by atoms with Gasteiger partial charge in [0.1, 0.15) is 5.82 Å². The third-order valence-corrected chi connectivity index (χ3v) is 7.42. The molecule has 0 atom stereocenters. The Kier molecular flexibility index (Phi) is 7.38. The van der Waals surface area contributed by atoms with Crippen LogP contribution in [0.1, 0.15) is 23.2 Å². The number of nitrogens with zero attached hydrogens (tertiary/aromatic N) is 6. The van der Waals surface area contributed by atoms with Crippen molar-refractivity contribution in [1.82, 2.24) is 30.0 Å². The topological polar surface area (TPSA) is 100 Å². The van der Waals surface area contributed by atoms with E-state index in [0.29, 0.717) is 30.5 Å². The van der Waals surface area contributed by atoms with Gasteiger partial charge in [-0.2, -0.15) is 10.1 Å². The van der Waals surface area contributed by atoms with Gasteiger partial charge in [-0.05, 0) is 56.3 Å². The van der Waals surface area contributed by atoms with Gasteiger partial charge in [-0.25, -0.2) is 4.98 Å². The van der Waals surface area contributed by atoms with E-state index in [1.54, 1.807) is 19.2 Å². The van der Waals surface area contributed by atoms with Crippen molar-refractivity contribution in [3.8, 4) is 11.3 Å². The van der Waals surface area contributed by atoms with Crippen molar-refractivity contribution in [3.63, 3.8) is 0 Å². The number of hydrogen-bond donors (Lipinski definition) is 2. The number of morpholine rings is 1. The number of rotatable bonds is 8. The first-order valence-corrected chi connectivity index (χ1v) is 13.7. The molecule has 2 aliphatic rings. The van der Waals surface area contributed by atoms with Gasteiger partial charge in [0.2, 0.25) is 5.95 Å². The molecule has 0 radical (unpaired) electrons. The number of aromatic nitrogens is 4. The van der Waals surface area contributed by atoms with Crippen molar-refractivity contribution in [1.29, 1.82) is 0 Å². The largest absolute Gasteiger partial charge is 0.378 e. The van der Waals surface area contributed by atoms with Crippen LogP contribution in [0.15, 0.2) is 54.7 Å². The van der Waals surface area contributed by atoms with Crippen LogP contribution < -0.4 is 15.5 Å². The molecule has 0 unspecified atom stereocenters. The second-order valence-corrected chi connectivity index (χ2v) is 10.0. The molecule has 2 aromatic carbocycles. The van der Waals surface area contributed by atoms with Gasteiger partial charge in [0, 0.05) is 54.9 Å². The van der Waals surface area contributed by atoms with Crippen molar-refractivity contribution in [2.75, 3.05) is 63.2 Å². The quantitative estimate of drug-likeness (QED) is 0.360. The first kappa shape index (κ1) is 25.3. The Balaban J connectivity index is 1.31. The smallest absolute Gasteiger partial charge is 0.251 e. The van der Waals surface area contributed by atoms with Crippen molar-refractivity contribution < 1.29 is 9.53 Å². The summed E-state index contributed by atoms with van der Waals surface area (Å²) in [5, 5.41) is 11.9. The number of ether oxygens (including phenoxy) is 1. The third kappa shape index (κ3) is 5.71. The van der Waals surface area contributed by atoms with Crippen LogP contribution in [0.25, 0.3) is 22.2 Å². The molecule has 0 saturated carbocycles. The standard InChI is InChI=1S/C29H34N8O2/c1-30-28(38)21-6-8-24(9-7-21)32-27-19-25(33-29(34-27)36-14-16-39-17-15-36)22-4-5-23-20-31-37(26(23)18-22)13-12-35-10-2-3-11-35/h4-9,18-20H,2-3,10-17H2,1H3,(H,30,38)(H,32,33,34). The lowest BCUT2D eigenvalue weighted by atomic mass is 10.1. The zero-order chi connectivity index (χ0) is 26.6. The highest BCUT2D eigenvalue weighted by Crippen LogP contribution is 2.28. The van der Waals surface area contributed by atoms with Crippen LogP contribution >= 0.6 is 0 Å². The lowest BCUT2D eigenvalue weighted by Crippen LogP contribution is -2.37. The van der Waals surface area contributed by atoms with E-state index in [2.05, 4.69) is 48.4 Å². The number of likely N-dealkylation sites (tertiary alicyclic amines) is 1. The summed E-state index contributed by atoms with van der Waals surface area (Å²) in [6, 6.07) is 15.7. The first-order chi connectivity index (χ1) is 19.2. The summed E-state index contributed by atoms with van der Waals surface area (Å²) in [7, 11) is 1.63. The predicted octanol–water partition coefficient (Wildman–Crippen LogP) is 3.53. The van der Waals surface area contributed by atoms with Gasteiger partial charge in [0.25, 0.3) is 5.91 Å². The van der Waals surface area contributed by atoms with Crippen LogP contribution in [0.2, 0.25) is 0 Å². The van der Waals surface area contributed by atoms with E-state index in [0.717, 1.165) is 54.0 Å². The summed E-state index contributed by atoms with van der Waals surface area (Å²) in [6.45, 7) is 7.04. The fourth-order valence-corrected chi connectivity index (χ4v) is 5.20. The average molecular weight is 527 g/mol. The second-order valence-electron chi connectivity index (χ2n) is 10.0. The molecule has 2 saturated heterocycles. The lowest BCUT2D eigenvalue weighted by molar-refractivity contribution is 0.0963. The predicted molar refractivity (Wildman–Crippen MR) is 153 cm³/mol. The highest BCUT2D eigenvalue weighted by atomic mass is 16.5. The molecule has 0 bridgehead atoms. The maximum atomic E-state index is 11.9. The molecular formula is C29H34N8O2. The molecular weight excluding hydrogens is 492 g/mol. The first-order valence-electron chi connectivity index (χ1n) is 13.7. The van der Waals surface area contributed by atoms with Crippen molar-refractivity contribution >= 4 is 34.3 Å². The zero-order valence-electron chi connectivity index (χ0n) is 22.3. The van der Waals surface area contributed by atoms with Gasteiger partial charge >= 0.3 is 0 Å². The Hall–Kier alpha value is -4.02. The lowest BCUT2D eigenvalue weighted by Gasteiger charge is -2.27. The molecule has 6 rings (SSSR count). The Bertz CT molecular complexity index is 1440.